The Bertz CT molecular complexity index is 732. The van der Waals surface area contributed by atoms with Gasteiger partial charge in [0.2, 0.25) is 11.8 Å². The summed E-state index contributed by atoms with van der Waals surface area (Å²) in [5.74, 6) is 0.872. The average Bonchev–Trinajstić information content (AvgIpc) is 3.09. The number of nitrogens with zero attached hydrogens (tertiary/aromatic N) is 2. The van der Waals surface area contributed by atoms with Crippen LogP contribution in [-0.2, 0) is 16.0 Å². The molecule has 1 aliphatic carbocycles. The zero-order chi connectivity index (χ0) is 17.1. The maximum absolute atomic E-state index is 12.0. The summed E-state index contributed by atoms with van der Waals surface area (Å²) in [6.45, 7) is 3.49. The first kappa shape index (κ1) is 16.6. The van der Waals surface area contributed by atoms with Gasteiger partial charge in [-0.2, -0.15) is 5.10 Å². The van der Waals surface area contributed by atoms with E-state index in [2.05, 4.69) is 25.8 Å². The number of hydrogen-bond donors (Lipinski definition) is 3. The fraction of sp³-hybridized carbons (Fsp3) is 0.500. The third kappa shape index (κ3) is 4.00. The Kier molecular flexibility index (Phi) is 4.94. The van der Waals surface area contributed by atoms with Crippen LogP contribution in [0, 0.1) is 6.92 Å². The molecule has 0 aromatic carbocycles. The van der Waals surface area contributed by atoms with Gasteiger partial charge in [0.05, 0.1) is 11.2 Å². The number of aromatic nitrogens is 3. The van der Waals surface area contributed by atoms with E-state index >= 15 is 0 Å². The number of hydrogen-bond acceptors (Lipinski definition) is 5. The van der Waals surface area contributed by atoms with Gasteiger partial charge in [-0.15, -0.1) is 11.3 Å². The van der Waals surface area contributed by atoms with Crippen LogP contribution in [0.3, 0.4) is 0 Å². The van der Waals surface area contributed by atoms with E-state index in [1.807, 2.05) is 13.0 Å². The molecule has 1 fully saturated rings. The maximum atomic E-state index is 12.0. The number of carbonyl (C=O) groups is 2. The Morgan fingerprint density at radius 2 is 2.21 bits per heavy atom. The lowest BCUT2D eigenvalue weighted by molar-refractivity contribution is -0.120. The number of H-pyrrole nitrogens is 1. The van der Waals surface area contributed by atoms with E-state index in [1.54, 1.807) is 16.8 Å². The van der Waals surface area contributed by atoms with Gasteiger partial charge in [-0.25, -0.2) is 4.98 Å². The van der Waals surface area contributed by atoms with Crippen LogP contribution in [0.1, 0.15) is 48.4 Å². The highest BCUT2D eigenvalue weighted by Crippen LogP contribution is 2.36. The third-order valence-corrected chi connectivity index (χ3v) is 5.27. The quantitative estimate of drug-likeness (QED) is 0.745. The molecule has 1 aliphatic rings. The fourth-order valence-corrected chi connectivity index (χ4v) is 3.67. The summed E-state index contributed by atoms with van der Waals surface area (Å²) in [7, 11) is 0. The van der Waals surface area contributed by atoms with Crippen LogP contribution in [0.5, 0.6) is 0 Å². The van der Waals surface area contributed by atoms with E-state index < -0.39 is 0 Å². The van der Waals surface area contributed by atoms with Crippen molar-refractivity contribution in [3.8, 4) is 0 Å². The normalized spacial score (nSPS) is 19.6. The lowest BCUT2D eigenvalue weighted by atomic mass is 9.78. The van der Waals surface area contributed by atoms with Gasteiger partial charge in [-0.3, -0.25) is 14.7 Å². The minimum atomic E-state index is -0.0504. The van der Waals surface area contributed by atoms with Crippen molar-refractivity contribution in [3.05, 3.63) is 27.8 Å². The second-order valence-corrected chi connectivity index (χ2v) is 7.12. The molecular formula is C16H21N5O2S. The molecule has 0 radical (unpaired) electrons. The van der Waals surface area contributed by atoms with Gasteiger partial charge >= 0.3 is 0 Å². The molecule has 0 atom stereocenters. The number of aryl methyl sites for hydroxylation is 2. The molecule has 0 aliphatic heterocycles. The molecule has 0 spiro atoms. The molecule has 3 rings (SSSR count). The molecule has 0 bridgehead atoms. The van der Waals surface area contributed by atoms with E-state index in [-0.39, 0.29) is 17.9 Å². The van der Waals surface area contributed by atoms with Crippen molar-refractivity contribution in [2.75, 3.05) is 5.32 Å². The highest BCUT2D eigenvalue weighted by molar-refractivity contribution is 7.09. The topological polar surface area (TPSA) is 99.8 Å². The summed E-state index contributed by atoms with van der Waals surface area (Å²) in [6, 6.07) is 2.13. The monoisotopic (exact) mass is 347 g/mol. The van der Waals surface area contributed by atoms with Crippen molar-refractivity contribution in [2.45, 2.75) is 51.5 Å². The molecule has 0 saturated heterocycles. The minimum absolute atomic E-state index is 0.00666. The molecule has 2 amide bonds. The van der Waals surface area contributed by atoms with Crippen LogP contribution >= 0.6 is 11.3 Å². The van der Waals surface area contributed by atoms with E-state index in [9.17, 15) is 9.59 Å². The fourth-order valence-electron chi connectivity index (χ4n) is 2.89. The first-order chi connectivity index (χ1) is 11.5. The van der Waals surface area contributed by atoms with Crippen molar-refractivity contribution in [3.63, 3.8) is 0 Å². The molecule has 0 unspecified atom stereocenters. The van der Waals surface area contributed by atoms with Gasteiger partial charge < -0.3 is 10.6 Å². The van der Waals surface area contributed by atoms with Crippen LogP contribution in [-0.4, -0.2) is 33.0 Å². The molecule has 2 aromatic heterocycles. The zero-order valence-corrected chi connectivity index (χ0v) is 14.6. The van der Waals surface area contributed by atoms with E-state index in [0.29, 0.717) is 24.6 Å². The van der Waals surface area contributed by atoms with E-state index in [4.69, 9.17) is 0 Å². The van der Waals surface area contributed by atoms with Crippen molar-refractivity contribution in [1.29, 1.82) is 0 Å². The van der Waals surface area contributed by atoms with Gasteiger partial charge in [0.15, 0.2) is 5.82 Å². The van der Waals surface area contributed by atoms with Gasteiger partial charge in [0.1, 0.15) is 0 Å². The second-order valence-electron chi connectivity index (χ2n) is 6.18. The van der Waals surface area contributed by atoms with Crippen molar-refractivity contribution < 1.29 is 9.59 Å². The van der Waals surface area contributed by atoms with Crippen molar-refractivity contribution >= 4 is 29.0 Å². The Morgan fingerprint density at radius 3 is 2.88 bits per heavy atom. The Morgan fingerprint density at radius 1 is 1.42 bits per heavy atom. The summed E-state index contributed by atoms with van der Waals surface area (Å²) in [5.41, 5.74) is 3.80. The number of aromatic amines is 1. The number of nitrogens with one attached hydrogen (secondary N) is 3. The predicted molar refractivity (Wildman–Crippen MR) is 92.0 cm³/mol. The summed E-state index contributed by atoms with van der Waals surface area (Å²) in [5, 5.41) is 12.9. The number of anilines is 1. The summed E-state index contributed by atoms with van der Waals surface area (Å²) in [6.07, 6.45) is 2.92. The zero-order valence-electron chi connectivity index (χ0n) is 13.8. The lowest BCUT2D eigenvalue weighted by Gasteiger charge is -2.34. The van der Waals surface area contributed by atoms with Crippen LogP contribution in [0.2, 0.25) is 0 Å². The smallest absolute Gasteiger partial charge is 0.225 e. The summed E-state index contributed by atoms with van der Waals surface area (Å²) < 4.78 is 0. The van der Waals surface area contributed by atoms with E-state index in [0.717, 1.165) is 29.1 Å². The Balaban J connectivity index is 1.45. The lowest BCUT2D eigenvalue weighted by Crippen LogP contribution is -2.42. The molecule has 7 nitrogen and oxygen atoms in total. The number of rotatable bonds is 6. The highest BCUT2D eigenvalue weighted by Gasteiger charge is 2.32. The number of thiazole rings is 1. The van der Waals surface area contributed by atoms with Crippen LogP contribution < -0.4 is 10.6 Å². The van der Waals surface area contributed by atoms with Crippen molar-refractivity contribution in [2.24, 2.45) is 0 Å². The van der Waals surface area contributed by atoms with Crippen LogP contribution in [0.4, 0.5) is 5.82 Å². The average molecular weight is 347 g/mol. The summed E-state index contributed by atoms with van der Waals surface area (Å²) in [4.78, 5) is 28.4. The molecule has 2 heterocycles. The molecule has 24 heavy (non-hydrogen) atoms. The Labute approximate surface area is 144 Å². The molecule has 8 heteroatoms. The summed E-state index contributed by atoms with van der Waals surface area (Å²) >= 11 is 1.58. The van der Waals surface area contributed by atoms with Gasteiger partial charge in [-0.05, 0) is 26.2 Å². The molecule has 2 aromatic rings. The molecule has 1 saturated carbocycles. The Hall–Kier alpha value is -2.22. The van der Waals surface area contributed by atoms with Crippen LogP contribution in [0.25, 0.3) is 0 Å². The maximum Gasteiger partial charge on any atom is 0.225 e. The SMILES string of the molecule is CC(=O)NC1CC(c2cc(NC(=O)CCc3scnc3C)n[nH]2)C1. The first-order valence-corrected chi connectivity index (χ1v) is 8.90. The molecular weight excluding hydrogens is 326 g/mol. The van der Waals surface area contributed by atoms with Gasteiger partial charge in [-0.1, -0.05) is 0 Å². The van der Waals surface area contributed by atoms with Gasteiger partial charge in [0, 0.05) is 41.9 Å². The van der Waals surface area contributed by atoms with E-state index in [1.165, 1.54) is 6.92 Å². The van der Waals surface area contributed by atoms with Crippen molar-refractivity contribution in [1.82, 2.24) is 20.5 Å². The molecule has 3 N–H and O–H groups in total. The second kappa shape index (κ2) is 7.12. The number of amides is 2. The van der Waals surface area contributed by atoms with Crippen LogP contribution in [0.15, 0.2) is 11.6 Å². The standard InChI is InChI=1S/C16H21N5O2S/c1-9-14(24-8-17-9)3-4-16(23)19-15-7-13(20-21-15)11-5-12(6-11)18-10(2)22/h7-8,11-12H,3-6H2,1-2H3,(H,18,22)(H2,19,20,21,23). The highest BCUT2D eigenvalue weighted by atomic mass is 32.1. The number of carbonyl (C=O) groups excluding carboxylic acids is 2. The predicted octanol–water partition coefficient (Wildman–Crippen LogP) is 2.13. The minimum Gasteiger partial charge on any atom is -0.354 e. The molecule has 128 valence electrons. The third-order valence-electron chi connectivity index (χ3n) is 4.27. The van der Waals surface area contributed by atoms with Gasteiger partial charge in [0.25, 0.3) is 0 Å². The first-order valence-electron chi connectivity index (χ1n) is 8.02. The largest absolute Gasteiger partial charge is 0.354 e.